The van der Waals surface area contributed by atoms with E-state index < -0.39 is 0 Å². The molecule has 0 aromatic heterocycles. The fourth-order valence-electron chi connectivity index (χ4n) is 1.22. The van der Waals surface area contributed by atoms with Gasteiger partial charge in [0.1, 0.15) is 0 Å². The Morgan fingerprint density at radius 3 is 2.08 bits per heavy atom. The monoisotopic (exact) mass is 160 g/mol. The third-order valence-corrected chi connectivity index (χ3v) is 2.54. The van der Waals surface area contributed by atoms with E-state index in [0.717, 1.165) is 11.7 Å². The summed E-state index contributed by atoms with van der Waals surface area (Å²) >= 11 is 0. The summed E-state index contributed by atoms with van der Waals surface area (Å²) < 4.78 is 0. The Kier molecular flexibility index (Phi) is 3.39. The molecule has 1 rings (SSSR count). The van der Waals surface area contributed by atoms with Gasteiger partial charge in [-0.15, -0.1) is 0 Å². The molecule has 1 aromatic carbocycles. The van der Waals surface area contributed by atoms with Crippen molar-refractivity contribution in [2.45, 2.75) is 26.6 Å². The Balaban J connectivity index is 2.53. The highest BCUT2D eigenvalue weighted by Crippen LogP contribution is 2.13. The van der Waals surface area contributed by atoms with Gasteiger partial charge in [-0.2, -0.15) is 0 Å². The average Bonchev–Trinajstić information content (AvgIpc) is 2.06. The highest BCUT2D eigenvalue weighted by atomic mass is 14.0. The Bertz CT molecular complexity index is 216. The van der Waals surface area contributed by atoms with Crippen LogP contribution in [0.25, 0.3) is 0 Å². The second-order valence-corrected chi connectivity index (χ2v) is 3.91. The quantitative estimate of drug-likeness (QED) is 0.594. The summed E-state index contributed by atoms with van der Waals surface area (Å²) in [6, 6.07) is 10.7. The van der Waals surface area contributed by atoms with Crippen molar-refractivity contribution in [2.75, 3.05) is 0 Å². The van der Waals surface area contributed by atoms with Crippen molar-refractivity contribution in [3.63, 3.8) is 0 Å². The van der Waals surface area contributed by atoms with Crippen LogP contribution in [0, 0.1) is 5.92 Å². The van der Waals surface area contributed by atoms with E-state index in [-0.39, 0.29) is 0 Å². The van der Waals surface area contributed by atoms with E-state index in [1.54, 1.807) is 0 Å². The molecular formula is C11H17B. The molecule has 0 nitrogen and oxygen atoms in total. The normalized spacial score (nSPS) is 13.0. The molecule has 0 amide bonds. The van der Waals surface area contributed by atoms with Gasteiger partial charge in [-0.1, -0.05) is 68.3 Å². The van der Waals surface area contributed by atoms with Gasteiger partial charge in [0, 0.05) is 0 Å². The van der Waals surface area contributed by atoms with Crippen LogP contribution in [-0.2, 0) is 0 Å². The molecule has 0 aliphatic heterocycles. The van der Waals surface area contributed by atoms with Crippen LogP contribution in [0.4, 0.5) is 0 Å². The lowest BCUT2D eigenvalue weighted by Crippen LogP contribution is -2.20. The zero-order valence-corrected chi connectivity index (χ0v) is 8.25. The van der Waals surface area contributed by atoms with Gasteiger partial charge in [-0.25, -0.2) is 0 Å². The van der Waals surface area contributed by atoms with Gasteiger partial charge in [0.25, 0.3) is 0 Å². The van der Waals surface area contributed by atoms with Gasteiger partial charge < -0.3 is 0 Å². The number of benzene rings is 1. The van der Waals surface area contributed by atoms with Crippen LogP contribution in [-0.4, -0.2) is 7.28 Å². The van der Waals surface area contributed by atoms with E-state index in [1.807, 2.05) is 0 Å². The minimum absolute atomic E-state index is 0.783. The Morgan fingerprint density at radius 1 is 1.00 bits per heavy atom. The van der Waals surface area contributed by atoms with Crippen LogP contribution in [0.15, 0.2) is 30.3 Å². The molecule has 1 atom stereocenters. The molecule has 0 saturated heterocycles. The molecule has 1 unspecified atom stereocenters. The topological polar surface area (TPSA) is 0 Å². The first-order valence-electron chi connectivity index (χ1n) is 4.74. The van der Waals surface area contributed by atoms with Gasteiger partial charge in [-0.3, -0.25) is 0 Å². The number of rotatable bonds is 3. The SMILES string of the molecule is CC(C)C(C)Bc1ccccc1. The van der Waals surface area contributed by atoms with Crippen molar-refractivity contribution in [3.8, 4) is 0 Å². The molecule has 0 N–H and O–H groups in total. The maximum atomic E-state index is 2.32. The predicted molar refractivity (Wildman–Crippen MR) is 57.5 cm³/mol. The Hall–Kier alpha value is -0.715. The van der Waals surface area contributed by atoms with Gasteiger partial charge in [0.15, 0.2) is 7.28 Å². The van der Waals surface area contributed by atoms with E-state index in [0.29, 0.717) is 0 Å². The van der Waals surface area contributed by atoms with E-state index in [1.165, 1.54) is 12.7 Å². The third-order valence-electron chi connectivity index (χ3n) is 2.54. The van der Waals surface area contributed by atoms with Crippen LogP contribution in [0.2, 0.25) is 5.82 Å². The van der Waals surface area contributed by atoms with Crippen molar-refractivity contribution in [1.82, 2.24) is 0 Å². The summed E-state index contributed by atoms with van der Waals surface area (Å²) in [6.07, 6.45) is 0. The largest absolute Gasteiger partial charge is 0.160 e. The second kappa shape index (κ2) is 4.35. The van der Waals surface area contributed by atoms with Crippen LogP contribution in [0.1, 0.15) is 20.8 Å². The van der Waals surface area contributed by atoms with Crippen LogP contribution in [0.3, 0.4) is 0 Å². The summed E-state index contributed by atoms with van der Waals surface area (Å²) in [5, 5.41) is 0. The molecule has 64 valence electrons. The van der Waals surface area contributed by atoms with E-state index in [2.05, 4.69) is 51.1 Å². The molecule has 0 spiro atoms. The first-order valence-corrected chi connectivity index (χ1v) is 4.74. The molecule has 0 bridgehead atoms. The summed E-state index contributed by atoms with van der Waals surface area (Å²) in [7, 11) is 1.21. The van der Waals surface area contributed by atoms with Crippen molar-refractivity contribution in [2.24, 2.45) is 5.92 Å². The van der Waals surface area contributed by atoms with Crippen molar-refractivity contribution < 1.29 is 0 Å². The van der Waals surface area contributed by atoms with Crippen molar-refractivity contribution >= 4 is 12.7 Å². The van der Waals surface area contributed by atoms with E-state index >= 15 is 0 Å². The lowest BCUT2D eigenvalue weighted by molar-refractivity contribution is 0.621. The second-order valence-electron chi connectivity index (χ2n) is 3.91. The highest BCUT2D eigenvalue weighted by Gasteiger charge is 2.08. The molecular weight excluding hydrogens is 143 g/mol. The lowest BCUT2D eigenvalue weighted by Gasteiger charge is -2.13. The molecule has 0 aliphatic rings. The van der Waals surface area contributed by atoms with E-state index in [9.17, 15) is 0 Å². The van der Waals surface area contributed by atoms with Gasteiger partial charge in [0.2, 0.25) is 0 Å². The van der Waals surface area contributed by atoms with Crippen LogP contribution in [0.5, 0.6) is 0 Å². The maximum absolute atomic E-state index is 2.32. The lowest BCUT2D eigenvalue weighted by atomic mass is 9.56. The standard InChI is InChI=1S/C11H17B/c1-9(2)10(3)12-11-7-5-4-6-8-11/h4-10,12H,1-3H3. The average molecular weight is 160 g/mol. The molecule has 0 radical (unpaired) electrons. The fourth-order valence-corrected chi connectivity index (χ4v) is 1.22. The predicted octanol–water partition coefficient (Wildman–Crippen LogP) is 2.21. The van der Waals surface area contributed by atoms with Gasteiger partial charge in [-0.05, 0) is 0 Å². The molecule has 0 fully saturated rings. The molecule has 1 heteroatoms. The van der Waals surface area contributed by atoms with Gasteiger partial charge in [0.05, 0.1) is 0 Å². The van der Waals surface area contributed by atoms with E-state index in [4.69, 9.17) is 0 Å². The first kappa shape index (κ1) is 9.37. The zero-order chi connectivity index (χ0) is 8.97. The number of hydrogen-bond donors (Lipinski definition) is 0. The number of hydrogen-bond acceptors (Lipinski definition) is 0. The van der Waals surface area contributed by atoms with Crippen LogP contribution < -0.4 is 5.46 Å². The fraction of sp³-hybridized carbons (Fsp3) is 0.455. The smallest absolute Gasteiger partial charge is 0.0842 e. The summed E-state index contributed by atoms with van der Waals surface area (Å²) in [4.78, 5) is 0. The van der Waals surface area contributed by atoms with Crippen LogP contribution >= 0.6 is 0 Å². The minimum atomic E-state index is 0.783. The molecule has 0 aliphatic carbocycles. The van der Waals surface area contributed by atoms with Crippen molar-refractivity contribution in [1.29, 1.82) is 0 Å². The molecule has 12 heavy (non-hydrogen) atoms. The first-order chi connectivity index (χ1) is 5.70. The highest BCUT2D eigenvalue weighted by molar-refractivity contribution is 6.54. The third kappa shape index (κ3) is 2.73. The summed E-state index contributed by atoms with van der Waals surface area (Å²) in [5.74, 6) is 1.57. The summed E-state index contributed by atoms with van der Waals surface area (Å²) in [5.41, 5.74) is 1.46. The molecule has 0 saturated carbocycles. The van der Waals surface area contributed by atoms with Crippen molar-refractivity contribution in [3.05, 3.63) is 30.3 Å². The molecule has 1 aromatic rings. The minimum Gasteiger partial charge on any atom is -0.0842 e. The maximum Gasteiger partial charge on any atom is 0.160 e. The Morgan fingerprint density at radius 2 is 1.58 bits per heavy atom. The van der Waals surface area contributed by atoms with Gasteiger partial charge >= 0.3 is 0 Å². The Labute approximate surface area is 76.2 Å². The molecule has 0 heterocycles. The zero-order valence-electron chi connectivity index (χ0n) is 8.25. The summed E-state index contributed by atoms with van der Waals surface area (Å²) in [6.45, 7) is 6.89.